The Bertz CT molecular complexity index is 982. The quantitative estimate of drug-likeness (QED) is 0.748. The summed E-state index contributed by atoms with van der Waals surface area (Å²) in [6, 6.07) is 4.23. The summed E-state index contributed by atoms with van der Waals surface area (Å²) in [6.07, 6.45) is 5.28. The zero-order valence-corrected chi connectivity index (χ0v) is 17.6. The van der Waals surface area contributed by atoms with Crippen molar-refractivity contribution in [1.29, 1.82) is 0 Å². The van der Waals surface area contributed by atoms with Gasteiger partial charge in [0.15, 0.2) is 11.6 Å². The van der Waals surface area contributed by atoms with Crippen LogP contribution in [-0.4, -0.2) is 45.9 Å². The molecular formula is C21H23ClFN5O2. The van der Waals surface area contributed by atoms with Crippen molar-refractivity contribution in [2.45, 2.75) is 38.6 Å². The van der Waals surface area contributed by atoms with Crippen LogP contribution < -0.4 is 10.2 Å². The van der Waals surface area contributed by atoms with Crippen LogP contribution in [0.2, 0.25) is 5.02 Å². The van der Waals surface area contributed by atoms with E-state index in [4.69, 9.17) is 11.6 Å². The maximum Gasteiger partial charge on any atom is 0.326 e. The molecule has 3 heterocycles. The van der Waals surface area contributed by atoms with Crippen LogP contribution in [0.25, 0.3) is 0 Å². The Hall–Kier alpha value is -2.74. The Balaban J connectivity index is 1.49. The van der Waals surface area contributed by atoms with Crippen molar-refractivity contribution >= 4 is 35.2 Å². The van der Waals surface area contributed by atoms with Gasteiger partial charge in [-0.2, -0.15) is 0 Å². The number of amides is 3. The lowest BCUT2D eigenvalue weighted by Crippen LogP contribution is -2.43. The van der Waals surface area contributed by atoms with Gasteiger partial charge >= 0.3 is 6.03 Å². The van der Waals surface area contributed by atoms with Gasteiger partial charge in [0.2, 0.25) is 5.91 Å². The Labute approximate surface area is 179 Å². The summed E-state index contributed by atoms with van der Waals surface area (Å²) in [4.78, 5) is 36.6. The number of nitrogens with one attached hydrogen (secondary N) is 1. The van der Waals surface area contributed by atoms with E-state index in [9.17, 15) is 14.0 Å². The molecule has 0 aromatic carbocycles. The van der Waals surface area contributed by atoms with Crippen LogP contribution >= 0.6 is 11.6 Å². The van der Waals surface area contributed by atoms with E-state index in [-0.39, 0.29) is 41.8 Å². The number of pyridine rings is 2. The third-order valence-corrected chi connectivity index (χ3v) is 5.68. The summed E-state index contributed by atoms with van der Waals surface area (Å²) in [5, 5.41) is 2.93. The SMILES string of the molecule is CC(C)[C@H]1CN(c2ncc(Cl)cc2F)C(=O)N1CC(=O)Nc1cc(C2CC2)ccn1. The minimum absolute atomic E-state index is 0.0680. The first-order chi connectivity index (χ1) is 14.3. The number of urea groups is 1. The average Bonchev–Trinajstić information content (AvgIpc) is 3.49. The van der Waals surface area contributed by atoms with Crippen LogP contribution in [0.4, 0.5) is 20.8 Å². The van der Waals surface area contributed by atoms with E-state index in [1.54, 1.807) is 6.20 Å². The van der Waals surface area contributed by atoms with Gasteiger partial charge < -0.3 is 10.2 Å². The fourth-order valence-corrected chi connectivity index (χ4v) is 3.87. The van der Waals surface area contributed by atoms with Crippen LogP contribution in [0.5, 0.6) is 0 Å². The highest BCUT2D eigenvalue weighted by Gasteiger charge is 2.42. The van der Waals surface area contributed by atoms with E-state index in [1.165, 1.54) is 16.0 Å². The standard InChI is InChI=1S/C21H23ClFN5O2/c1-12(2)17-10-28(20-16(23)8-15(22)9-25-20)21(30)27(17)11-19(29)26-18-7-14(5-6-24-18)13-3-4-13/h5-9,12-13,17H,3-4,10-11H2,1-2H3,(H,24,26,29)/t17-/m1/s1. The zero-order valence-electron chi connectivity index (χ0n) is 16.8. The van der Waals surface area contributed by atoms with E-state index < -0.39 is 11.8 Å². The molecule has 7 nitrogen and oxygen atoms in total. The van der Waals surface area contributed by atoms with Crippen molar-refractivity contribution in [3.05, 3.63) is 47.0 Å². The third kappa shape index (κ3) is 4.23. The Morgan fingerprint density at radius 2 is 2.10 bits per heavy atom. The van der Waals surface area contributed by atoms with Crippen LogP contribution in [0, 0.1) is 11.7 Å². The topological polar surface area (TPSA) is 78.4 Å². The van der Waals surface area contributed by atoms with Crippen LogP contribution in [0.15, 0.2) is 30.6 Å². The minimum Gasteiger partial charge on any atom is -0.310 e. The number of carbonyl (C=O) groups excluding carboxylic acids is 2. The zero-order chi connectivity index (χ0) is 21.4. The molecule has 9 heteroatoms. The Kier molecular flexibility index (Phi) is 5.60. The number of rotatable bonds is 6. The molecule has 0 unspecified atom stereocenters. The van der Waals surface area contributed by atoms with Gasteiger partial charge in [0.1, 0.15) is 12.4 Å². The average molecular weight is 432 g/mol. The van der Waals surface area contributed by atoms with E-state index >= 15 is 0 Å². The molecule has 2 aliphatic rings. The molecule has 1 atom stereocenters. The molecule has 2 aromatic rings. The highest BCUT2D eigenvalue weighted by atomic mass is 35.5. The summed E-state index contributed by atoms with van der Waals surface area (Å²) >= 11 is 5.77. The maximum absolute atomic E-state index is 14.3. The molecule has 1 aliphatic heterocycles. The molecule has 4 rings (SSSR count). The molecule has 1 saturated carbocycles. The molecule has 2 fully saturated rings. The molecule has 0 radical (unpaired) electrons. The van der Waals surface area contributed by atoms with E-state index in [2.05, 4.69) is 15.3 Å². The van der Waals surface area contributed by atoms with Gasteiger partial charge in [0, 0.05) is 12.4 Å². The predicted molar refractivity (Wildman–Crippen MR) is 112 cm³/mol. The van der Waals surface area contributed by atoms with Crippen molar-refractivity contribution in [3.63, 3.8) is 0 Å². The van der Waals surface area contributed by atoms with Gasteiger partial charge in [-0.1, -0.05) is 25.4 Å². The monoisotopic (exact) mass is 431 g/mol. The first-order valence-electron chi connectivity index (χ1n) is 9.98. The molecule has 158 valence electrons. The van der Waals surface area contributed by atoms with Crippen LogP contribution in [0.3, 0.4) is 0 Å². The van der Waals surface area contributed by atoms with Crippen molar-refractivity contribution in [1.82, 2.24) is 14.9 Å². The number of nitrogens with zero attached hydrogens (tertiary/aromatic N) is 4. The Morgan fingerprint density at radius 1 is 1.33 bits per heavy atom. The molecular weight excluding hydrogens is 409 g/mol. The smallest absolute Gasteiger partial charge is 0.310 e. The van der Waals surface area contributed by atoms with Crippen molar-refractivity contribution in [2.24, 2.45) is 5.92 Å². The fraction of sp³-hybridized carbons (Fsp3) is 0.429. The lowest BCUT2D eigenvalue weighted by Gasteiger charge is -2.25. The summed E-state index contributed by atoms with van der Waals surface area (Å²) < 4.78 is 14.3. The molecule has 30 heavy (non-hydrogen) atoms. The first kappa shape index (κ1) is 20.5. The number of halogens is 2. The van der Waals surface area contributed by atoms with Gasteiger partial charge in [-0.05, 0) is 48.4 Å². The minimum atomic E-state index is -0.675. The van der Waals surface area contributed by atoms with E-state index in [0.29, 0.717) is 11.7 Å². The summed E-state index contributed by atoms with van der Waals surface area (Å²) in [7, 11) is 0. The lowest BCUT2D eigenvalue weighted by atomic mass is 10.0. The lowest BCUT2D eigenvalue weighted by molar-refractivity contribution is -0.117. The maximum atomic E-state index is 14.3. The third-order valence-electron chi connectivity index (χ3n) is 5.47. The highest BCUT2D eigenvalue weighted by molar-refractivity contribution is 6.30. The Morgan fingerprint density at radius 3 is 2.77 bits per heavy atom. The van der Waals surface area contributed by atoms with Gasteiger partial charge in [-0.25, -0.2) is 19.2 Å². The van der Waals surface area contributed by atoms with E-state index in [0.717, 1.165) is 24.5 Å². The summed E-state index contributed by atoms with van der Waals surface area (Å²) in [6.45, 7) is 4.00. The molecule has 0 bridgehead atoms. The first-order valence-corrected chi connectivity index (χ1v) is 10.4. The second-order valence-corrected chi connectivity index (χ2v) is 8.52. The molecule has 0 spiro atoms. The fourth-order valence-electron chi connectivity index (χ4n) is 3.72. The van der Waals surface area contributed by atoms with Crippen molar-refractivity contribution < 1.29 is 14.0 Å². The molecule has 1 aliphatic carbocycles. The number of hydrogen-bond donors (Lipinski definition) is 1. The number of carbonyl (C=O) groups is 2. The molecule has 1 N–H and O–H groups in total. The second kappa shape index (κ2) is 8.18. The van der Waals surface area contributed by atoms with Gasteiger partial charge in [0.25, 0.3) is 0 Å². The van der Waals surface area contributed by atoms with Gasteiger partial charge in [-0.15, -0.1) is 0 Å². The number of hydrogen-bond acceptors (Lipinski definition) is 4. The summed E-state index contributed by atoms with van der Waals surface area (Å²) in [5.74, 6) is -0.0225. The predicted octanol–water partition coefficient (Wildman–Crippen LogP) is 4.05. The van der Waals surface area contributed by atoms with Crippen molar-refractivity contribution in [3.8, 4) is 0 Å². The van der Waals surface area contributed by atoms with Crippen LogP contribution in [-0.2, 0) is 4.79 Å². The largest absolute Gasteiger partial charge is 0.326 e. The molecule has 2 aromatic heterocycles. The van der Waals surface area contributed by atoms with Gasteiger partial charge in [-0.3, -0.25) is 9.69 Å². The number of anilines is 2. The highest BCUT2D eigenvalue weighted by Crippen LogP contribution is 2.40. The van der Waals surface area contributed by atoms with Crippen molar-refractivity contribution in [2.75, 3.05) is 23.3 Å². The van der Waals surface area contributed by atoms with Gasteiger partial charge in [0.05, 0.1) is 17.6 Å². The van der Waals surface area contributed by atoms with E-state index in [1.807, 2.05) is 26.0 Å². The normalized spacial score (nSPS) is 19.0. The molecule has 3 amide bonds. The molecule has 1 saturated heterocycles. The summed E-state index contributed by atoms with van der Waals surface area (Å²) in [5.41, 5.74) is 1.16. The second-order valence-electron chi connectivity index (χ2n) is 8.09. The van der Waals surface area contributed by atoms with Crippen LogP contribution in [0.1, 0.15) is 38.2 Å². The number of aromatic nitrogens is 2.